The van der Waals surface area contributed by atoms with E-state index in [0.29, 0.717) is 11.7 Å². The largest absolute Gasteiger partial charge is 0.294 e. The van der Waals surface area contributed by atoms with Gasteiger partial charge in [0, 0.05) is 11.0 Å². The number of ketones is 1. The maximum absolute atomic E-state index is 13.0. The third-order valence-electron chi connectivity index (χ3n) is 5.13. The Labute approximate surface area is 142 Å². The lowest BCUT2D eigenvalue weighted by atomic mass is 9.80. The zero-order valence-corrected chi connectivity index (χ0v) is 16.6. The van der Waals surface area contributed by atoms with E-state index in [-0.39, 0.29) is 16.2 Å². The monoisotopic (exact) mass is 314 g/mol. The van der Waals surface area contributed by atoms with Crippen LogP contribution in [0.1, 0.15) is 95.3 Å². The third-order valence-corrected chi connectivity index (χ3v) is 5.13. The molecule has 0 heterocycles. The first-order valence-electron chi connectivity index (χ1n) is 8.93. The third kappa shape index (κ3) is 3.70. The fourth-order valence-corrected chi connectivity index (χ4v) is 3.75. The number of benzene rings is 1. The van der Waals surface area contributed by atoms with Crippen LogP contribution < -0.4 is 0 Å². The maximum Gasteiger partial charge on any atom is 0.169 e. The van der Waals surface area contributed by atoms with Crippen molar-refractivity contribution >= 4 is 5.78 Å². The average molecular weight is 315 g/mol. The van der Waals surface area contributed by atoms with Gasteiger partial charge >= 0.3 is 0 Å². The molecule has 0 amide bonds. The van der Waals surface area contributed by atoms with Crippen LogP contribution in [0.2, 0.25) is 0 Å². The summed E-state index contributed by atoms with van der Waals surface area (Å²) in [5.74, 6) is 0.630. The van der Waals surface area contributed by atoms with Gasteiger partial charge in [-0.3, -0.25) is 4.79 Å². The van der Waals surface area contributed by atoms with Crippen LogP contribution in [0.25, 0.3) is 0 Å². The molecule has 1 atom stereocenters. The highest BCUT2D eigenvalue weighted by Crippen LogP contribution is 2.48. The van der Waals surface area contributed by atoms with Crippen LogP contribution in [0.5, 0.6) is 0 Å². The van der Waals surface area contributed by atoms with Crippen LogP contribution in [0.4, 0.5) is 0 Å². The summed E-state index contributed by atoms with van der Waals surface area (Å²) in [5.41, 5.74) is 5.11. The Morgan fingerprint density at radius 2 is 1.48 bits per heavy atom. The SMILES string of the molecule is CC1c2cc(CC(C)(C)C)cc(CC(C)(C)C)c2C(=O)C1(C)C. The van der Waals surface area contributed by atoms with Crippen LogP contribution in [-0.2, 0) is 12.8 Å². The van der Waals surface area contributed by atoms with E-state index in [9.17, 15) is 4.79 Å². The first-order valence-corrected chi connectivity index (χ1v) is 8.93. The van der Waals surface area contributed by atoms with Crippen LogP contribution in [0.15, 0.2) is 12.1 Å². The van der Waals surface area contributed by atoms with Crippen molar-refractivity contribution in [2.45, 2.75) is 81.1 Å². The minimum atomic E-state index is -0.282. The quantitative estimate of drug-likeness (QED) is 0.636. The van der Waals surface area contributed by atoms with Gasteiger partial charge in [0.15, 0.2) is 5.78 Å². The van der Waals surface area contributed by atoms with E-state index in [1.165, 1.54) is 16.7 Å². The molecule has 0 saturated heterocycles. The Morgan fingerprint density at radius 1 is 0.957 bits per heavy atom. The van der Waals surface area contributed by atoms with Crippen LogP contribution in [0, 0.1) is 16.2 Å². The van der Waals surface area contributed by atoms with Gasteiger partial charge in [0.1, 0.15) is 0 Å². The summed E-state index contributed by atoms with van der Waals surface area (Å²) < 4.78 is 0. The lowest BCUT2D eigenvalue weighted by molar-refractivity contribution is 0.0840. The predicted molar refractivity (Wildman–Crippen MR) is 99.3 cm³/mol. The number of hydrogen-bond donors (Lipinski definition) is 0. The second kappa shape index (κ2) is 5.46. The molecule has 0 spiro atoms. The molecule has 1 nitrogen and oxygen atoms in total. The molecule has 23 heavy (non-hydrogen) atoms. The van der Waals surface area contributed by atoms with Crippen molar-refractivity contribution in [1.29, 1.82) is 0 Å². The van der Waals surface area contributed by atoms with Gasteiger partial charge in [0.25, 0.3) is 0 Å². The van der Waals surface area contributed by atoms with E-state index < -0.39 is 0 Å². The number of Topliss-reactive ketones (excluding diaryl/α,β-unsaturated/α-hetero) is 1. The lowest BCUT2D eigenvalue weighted by Gasteiger charge is -2.23. The summed E-state index contributed by atoms with van der Waals surface area (Å²) in [4.78, 5) is 13.0. The van der Waals surface area contributed by atoms with Gasteiger partial charge in [0.2, 0.25) is 0 Å². The molecular formula is C22H34O. The van der Waals surface area contributed by atoms with Crippen molar-refractivity contribution in [2.75, 3.05) is 0 Å². The van der Waals surface area contributed by atoms with Crippen molar-refractivity contribution in [3.63, 3.8) is 0 Å². The van der Waals surface area contributed by atoms with Crippen LogP contribution in [-0.4, -0.2) is 5.78 Å². The molecule has 0 aliphatic heterocycles. The molecule has 1 aromatic carbocycles. The topological polar surface area (TPSA) is 17.1 Å². The number of carbonyl (C=O) groups is 1. The molecule has 1 aliphatic rings. The normalized spacial score (nSPS) is 20.7. The van der Waals surface area contributed by atoms with E-state index >= 15 is 0 Å². The molecule has 0 radical (unpaired) electrons. The molecule has 1 heteroatoms. The first-order chi connectivity index (χ1) is 10.2. The number of hydrogen-bond acceptors (Lipinski definition) is 1. The van der Waals surface area contributed by atoms with Gasteiger partial charge < -0.3 is 0 Å². The van der Waals surface area contributed by atoms with Gasteiger partial charge in [-0.1, -0.05) is 74.4 Å². The molecule has 1 unspecified atom stereocenters. The molecule has 1 aromatic rings. The minimum Gasteiger partial charge on any atom is -0.294 e. The Kier molecular flexibility index (Phi) is 4.33. The minimum absolute atomic E-state index is 0.185. The van der Waals surface area contributed by atoms with Gasteiger partial charge in [-0.2, -0.15) is 0 Å². The first kappa shape index (κ1) is 18.2. The Morgan fingerprint density at radius 3 is 1.96 bits per heavy atom. The smallest absolute Gasteiger partial charge is 0.169 e. The Hall–Kier alpha value is -1.11. The second-order valence-electron chi connectivity index (χ2n) is 10.5. The highest BCUT2D eigenvalue weighted by Gasteiger charge is 2.45. The fourth-order valence-electron chi connectivity index (χ4n) is 3.75. The fraction of sp³-hybridized carbons (Fsp3) is 0.682. The van der Waals surface area contributed by atoms with Crippen LogP contribution >= 0.6 is 0 Å². The number of fused-ring (bicyclic) bond motifs is 1. The Bertz CT molecular complexity index is 621. The van der Waals surface area contributed by atoms with Crippen molar-refractivity contribution in [3.05, 3.63) is 34.4 Å². The van der Waals surface area contributed by atoms with Crippen LogP contribution in [0.3, 0.4) is 0 Å². The summed E-state index contributed by atoms with van der Waals surface area (Å²) in [6.45, 7) is 20.0. The number of carbonyl (C=O) groups excluding carboxylic acids is 1. The predicted octanol–water partition coefficient (Wildman–Crippen LogP) is 6.19. The van der Waals surface area contributed by atoms with E-state index in [2.05, 4.69) is 74.4 Å². The number of rotatable bonds is 2. The van der Waals surface area contributed by atoms with Crippen molar-refractivity contribution in [3.8, 4) is 0 Å². The second-order valence-corrected chi connectivity index (χ2v) is 10.5. The molecule has 128 valence electrons. The van der Waals surface area contributed by atoms with Crippen molar-refractivity contribution < 1.29 is 4.79 Å². The Balaban J connectivity index is 2.62. The molecule has 0 aromatic heterocycles. The standard InChI is InChI=1S/C22H34O/c1-14-17-11-15(12-20(2,3)4)10-16(13-21(5,6)7)18(17)19(23)22(14,8)9/h10-11,14H,12-13H2,1-9H3. The highest BCUT2D eigenvalue weighted by molar-refractivity contribution is 6.06. The summed E-state index contributed by atoms with van der Waals surface area (Å²) in [6.07, 6.45) is 2.01. The lowest BCUT2D eigenvalue weighted by Crippen LogP contribution is -2.23. The summed E-state index contributed by atoms with van der Waals surface area (Å²) in [7, 11) is 0. The molecule has 2 rings (SSSR count). The molecule has 0 fully saturated rings. The van der Waals surface area contributed by atoms with Gasteiger partial charge in [-0.15, -0.1) is 0 Å². The molecular weight excluding hydrogens is 280 g/mol. The van der Waals surface area contributed by atoms with Crippen molar-refractivity contribution in [2.24, 2.45) is 16.2 Å². The summed E-state index contributed by atoms with van der Waals surface area (Å²) in [6, 6.07) is 4.62. The van der Waals surface area contributed by atoms with E-state index in [1.54, 1.807) is 0 Å². The van der Waals surface area contributed by atoms with Gasteiger partial charge in [-0.05, 0) is 46.3 Å². The molecule has 1 aliphatic carbocycles. The van der Waals surface area contributed by atoms with E-state index in [0.717, 1.165) is 18.4 Å². The maximum atomic E-state index is 13.0. The van der Waals surface area contributed by atoms with E-state index in [4.69, 9.17) is 0 Å². The zero-order chi connectivity index (χ0) is 17.8. The summed E-state index contributed by atoms with van der Waals surface area (Å²) >= 11 is 0. The van der Waals surface area contributed by atoms with E-state index in [1.807, 2.05) is 0 Å². The molecule has 0 N–H and O–H groups in total. The van der Waals surface area contributed by atoms with Crippen molar-refractivity contribution in [1.82, 2.24) is 0 Å². The van der Waals surface area contributed by atoms with Gasteiger partial charge in [-0.25, -0.2) is 0 Å². The highest BCUT2D eigenvalue weighted by atomic mass is 16.1. The van der Waals surface area contributed by atoms with Gasteiger partial charge in [0.05, 0.1) is 0 Å². The summed E-state index contributed by atoms with van der Waals surface area (Å²) in [5, 5.41) is 0. The molecule has 0 saturated carbocycles. The zero-order valence-electron chi connectivity index (χ0n) is 16.6. The average Bonchev–Trinajstić information content (AvgIpc) is 2.47. The molecule has 0 bridgehead atoms.